The number of rotatable bonds is 4. The Hall–Kier alpha value is -1.51. The number of aromatic hydroxyl groups is 1. The molecule has 0 unspecified atom stereocenters. The largest absolute Gasteiger partial charge is 0.508 e. The summed E-state index contributed by atoms with van der Waals surface area (Å²) in [5.41, 5.74) is 1.63. The third-order valence-electron chi connectivity index (χ3n) is 2.20. The van der Waals surface area contributed by atoms with Gasteiger partial charge in [0.25, 0.3) is 0 Å². The number of anilines is 1. The van der Waals surface area contributed by atoms with Crippen LogP contribution in [0.1, 0.15) is 32.3 Å². The number of amides is 1. The van der Waals surface area contributed by atoms with Gasteiger partial charge in [-0.15, -0.1) is 0 Å². The maximum atomic E-state index is 10.8. The lowest BCUT2D eigenvalue weighted by molar-refractivity contribution is -0.114. The van der Waals surface area contributed by atoms with Crippen LogP contribution in [-0.4, -0.2) is 11.0 Å². The Bertz CT molecular complexity index is 347. The maximum absolute atomic E-state index is 10.8. The van der Waals surface area contributed by atoms with E-state index in [1.54, 1.807) is 12.1 Å². The summed E-state index contributed by atoms with van der Waals surface area (Å²) in [7, 11) is 0. The number of nitrogens with one attached hydrogen (secondary N) is 1. The van der Waals surface area contributed by atoms with E-state index in [0.29, 0.717) is 5.75 Å². The fourth-order valence-corrected chi connectivity index (χ4v) is 1.43. The van der Waals surface area contributed by atoms with Crippen molar-refractivity contribution >= 4 is 11.6 Å². The second kappa shape index (κ2) is 5.39. The standard InChI is InChI=1S/C12H17NO2/c1-3-4-5-10-8-11(13-9(2)14)6-7-12(10)15/h6-8,15H,3-5H2,1-2H3,(H,13,14). The van der Waals surface area contributed by atoms with Gasteiger partial charge in [-0.25, -0.2) is 0 Å². The van der Waals surface area contributed by atoms with E-state index in [-0.39, 0.29) is 5.91 Å². The number of carbonyl (C=O) groups is 1. The fourth-order valence-electron chi connectivity index (χ4n) is 1.43. The molecule has 0 atom stereocenters. The summed E-state index contributed by atoms with van der Waals surface area (Å²) in [6.45, 7) is 3.58. The van der Waals surface area contributed by atoms with E-state index >= 15 is 0 Å². The number of phenols is 1. The zero-order valence-electron chi connectivity index (χ0n) is 9.21. The van der Waals surface area contributed by atoms with E-state index in [0.717, 1.165) is 30.5 Å². The predicted molar refractivity (Wildman–Crippen MR) is 61.0 cm³/mol. The summed E-state index contributed by atoms with van der Waals surface area (Å²) in [6.07, 6.45) is 2.97. The molecule has 1 amide bonds. The highest BCUT2D eigenvalue weighted by Gasteiger charge is 2.03. The molecule has 1 rings (SSSR count). The molecule has 0 spiro atoms. The summed E-state index contributed by atoms with van der Waals surface area (Å²) >= 11 is 0. The van der Waals surface area contributed by atoms with Gasteiger partial charge in [0.1, 0.15) is 5.75 Å². The van der Waals surface area contributed by atoms with Crippen molar-refractivity contribution in [3.05, 3.63) is 23.8 Å². The lowest BCUT2D eigenvalue weighted by atomic mass is 10.1. The number of hydrogen-bond acceptors (Lipinski definition) is 2. The van der Waals surface area contributed by atoms with E-state index in [1.807, 2.05) is 6.07 Å². The fraction of sp³-hybridized carbons (Fsp3) is 0.417. The van der Waals surface area contributed by atoms with Crippen molar-refractivity contribution in [3.8, 4) is 5.75 Å². The lowest BCUT2D eigenvalue weighted by Crippen LogP contribution is -2.05. The van der Waals surface area contributed by atoms with Gasteiger partial charge in [-0.2, -0.15) is 0 Å². The Kier molecular flexibility index (Phi) is 4.16. The minimum Gasteiger partial charge on any atom is -0.508 e. The Morgan fingerprint density at radius 2 is 2.20 bits per heavy atom. The van der Waals surface area contributed by atoms with Crippen LogP contribution in [-0.2, 0) is 11.2 Å². The molecule has 0 aliphatic rings. The van der Waals surface area contributed by atoms with Gasteiger partial charge in [-0.05, 0) is 36.6 Å². The van der Waals surface area contributed by atoms with Crippen LogP contribution in [0, 0.1) is 0 Å². The summed E-state index contributed by atoms with van der Waals surface area (Å²) in [5.74, 6) is 0.208. The number of phenolic OH excluding ortho intramolecular Hbond substituents is 1. The van der Waals surface area contributed by atoms with E-state index in [4.69, 9.17) is 0 Å². The minimum absolute atomic E-state index is 0.0952. The molecular formula is C12H17NO2. The average Bonchev–Trinajstić information content (AvgIpc) is 2.18. The quantitative estimate of drug-likeness (QED) is 0.746. The number of hydrogen-bond donors (Lipinski definition) is 2. The lowest BCUT2D eigenvalue weighted by Gasteiger charge is -2.07. The van der Waals surface area contributed by atoms with Crippen LogP contribution in [0.25, 0.3) is 0 Å². The Labute approximate surface area is 90.1 Å². The van der Waals surface area contributed by atoms with Crippen molar-refractivity contribution in [1.29, 1.82) is 0 Å². The second-order valence-electron chi connectivity index (χ2n) is 3.63. The molecule has 0 aliphatic heterocycles. The molecule has 15 heavy (non-hydrogen) atoms. The van der Waals surface area contributed by atoms with Crippen molar-refractivity contribution in [1.82, 2.24) is 0 Å². The SMILES string of the molecule is CCCCc1cc(NC(C)=O)ccc1O. The van der Waals surface area contributed by atoms with Crippen molar-refractivity contribution in [2.75, 3.05) is 5.32 Å². The van der Waals surface area contributed by atoms with E-state index in [2.05, 4.69) is 12.2 Å². The Morgan fingerprint density at radius 1 is 1.47 bits per heavy atom. The molecule has 3 heteroatoms. The summed E-state index contributed by atoms with van der Waals surface area (Å²) < 4.78 is 0. The molecule has 1 aromatic carbocycles. The number of carbonyl (C=O) groups excluding carboxylic acids is 1. The molecule has 0 radical (unpaired) electrons. The normalized spacial score (nSPS) is 10.0. The molecule has 0 saturated carbocycles. The van der Waals surface area contributed by atoms with Gasteiger partial charge in [0.2, 0.25) is 5.91 Å². The Balaban J connectivity index is 2.79. The molecule has 0 heterocycles. The van der Waals surface area contributed by atoms with Gasteiger partial charge in [0.05, 0.1) is 0 Å². The molecule has 0 fully saturated rings. The smallest absolute Gasteiger partial charge is 0.221 e. The van der Waals surface area contributed by atoms with E-state index in [1.165, 1.54) is 6.92 Å². The highest BCUT2D eigenvalue weighted by atomic mass is 16.3. The third-order valence-corrected chi connectivity index (χ3v) is 2.20. The molecule has 0 saturated heterocycles. The van der Waals surface area contributed by atoms with Gasteiger partial charge in [0.15, 0.2) is 0 Å². The number of benzene rings is 1. The van der Waals surface area contributed by atoms with Crippen LogP contribution < -0.4 is 5.32 Å². The van der Waals surface area contributed by atoms with Gasteiger partial charge >= 0.3 is 0 Å². The molecule has 82 valence electrons. The first-order chi connectivity index (χ1) is 7.13. The summed E-state index contributed by atoms with van der Waals surface area (Å²) in [4.78, 5) is 10.8. The van der Waals surface area contributed by atoms with Gasteiger partial charge in [-0.3, -0.25) is 4.79 Å². The van der Waals surface area contributed by atoms with Crippen molar-refractivity contribution < 1.29 is 9.90 Å². The zero-order valence-corrected chi connectivity index (χ0v) is 9.21. The van der Waals surface area contributed by atoms with Crippen molar-refractivity contribution in [3.63, 3.8) is 0 Å². The van der Waals surface area contributed by atoms with Crippen LogP contribution >= 0.6 is 0 Å². The first kappa shape index (κ1) is 11.6. The van der Waals surface area contributed by atoms with Crippen LogP contribution in [0.3, 0.4) is 0 Å². The van der Waals surface area contributed by atoms with Crippen LogP contribution in [0.2, 0.25) is 0 Å². The highest BCUT2D eigenvalue weighted by Crippen LogP contribution is 2.23. The minimum atomic E-state index is -0.0952. The highest BCUT2D eigenvalue weighted by molar-refractivity contribution is 5.88. The zero-order chi connectivity index (χ0) is 11.3. The van der Waals surface area contributed by atoms with E-state index in [9.17, 15) is 9.90 Å². The van der Waals surface area contributed by atoms with E-state index < -0.39 is 0 Å². The topological polar surface area (TPSA) is 49.3 Å². The summed E-state index contributed by atoms with van der Waals surface area (Å²) in [6, 6.07) is 5.15. The molecule has 1 aromatic rings. The van der Waals surface area contributed by atoms with Crippen LogP contribution in [0.4, 0.5) is 5.69 Å². The average molecular weight is 207 g/mol. The molecular weight excluding hydrogens is 190 g/mol. The van der Waals surface area contributed by atoms with Gasteiger partial charge in [-0.1, -0.05) is 13.3 Å². The predicted octanol–water partition coefficient (Wildman–Crippen LogP) is 2.69. The number of aryl methyl sites for hydroxylation is 1. The summed E-state index contributed by atoms with van der Waals surface area (Å²) in [5, 5.41) is 12.3. The molecule has 0 aliphatic carbocycles. The first-order valence-corrected chi connectivity index (χ1v) is 5.23. The first-order valence-electron chi connectivity index (χ1n) is 5.23. The van der Waals surface area contributed by atoms with Crippen LogP contribution in [0.5, 0.6) is 5.75 Å². The maximum Gasteiger partial charge on any atom is 0.221 e. The van der Waals surface area contributed by atoms with Crippen LogP contribution in [0.15, 0.2) is 18.2 Å². The van der Waals surface area contributed by atoms with Crippen molar-refractivity contribution in [2.24, 2.45) is 0 Å². The molecule has 2 N–H and O–H groups in total. The molecule has 0 bridgehead atoms. The van der Waals surface area contributed by atoms with Gasteiger partial charge in [0, 0.05) is 12.6 Å². The monoisotopic (exact) mass is 207 g/mol. The second-order valence-corrected chi connectivity index (χ2v) is 3.63. The third kappa shape index (κ3) is 3.62. The van der Waals surface area contributed by atoms with Gasteiger partial charge < -0.3 is 10.4 Å². The molecule has 3 nitrogen and oxygen atoms in total. The Morgan fingerprint density at radius 3 is 2.80 bits per heavy atom. The molecule has 0 aromatic heterocycles. The van der Waals surface area contributed by atoms with Crippen molar-refractivity contribution in [2.45, 2.75) is 33.1 Å². The number of unbranched alkanes of at least 4 members (excludes halogenated alkanes) is 1.